The van der Waals surface area contributed by atoms with Crippen LogP contribution >= 0.6 is 0 Å². The first-order valence-corrected chi connectivity index (χ1v) is 5.61. The van der Waals surface area contributed by atoms with Crippen molar-refractivity contribution in [3.05, 3.63) is 35.9 Å². The zero-order valence-corrected chi connectivity index (χ0v) is 10.3. The van der Waals surface area contributed by atoms with Gasteiger partial charge in [0.2, 0.25) is 5.91 Å². The molecule has 4 heteroatoms. The SMILES string of the molecule is CNC(=O)CN(C)CCC(=O)c1ccccc1. The number of amides is 1. The van der Waals surface area contributed by atoms with Crippen molar-refractivity contribution < 1.29 is 9.59 Å². The van der Waals surface area contributed by atoms with E-state index in [9.17, 15) is 9.59 Å². The molecule has 1 N–H and O–H groups in total. The quantitative estimate of drug-likeness (QED) is 0.745. The smallest absolute Gasteiger partial charge is 0.233 e. The number of benzene rings is 1. The molecule has 4 nitrogen and oxygen atoms in total. The fraction of sp³-hybridized carbons (Fsp3) is 0.385. The summed E-state index contributed by atoms with van der Waals surface area (Å²) < 4.78 is 0. The van der Waals surface area contributed by atoms with Crippen molar-refractivity contribution >= 4 is 11.7 Å². The van der Waals surface area contributed by atoms with Gasteiger partial charge in [-0.05, 0) is 7.05 Å². The molecule has 0 unspecified atom stereocenters. The van der Waals surface area contributed by atoms with Gasteiger partial charge in [-0.3, -0.25) is 14.5 Å². The molecule has 0 aliphatic heterocycles. The molecule has 17 heavy (non-hydrogen) atoms. The lowest BCUT2D eigenvalue weighted by atomic mass is 10.1. The summed E-state index contributed by atoms with van der Waals surface area (Å²) in [5, 5.41) is 2.55. The number of Topliss-reactive ketones (excluding diaryl/α,β-unsaturated/α-hetero) is 1. The third-order valence-corrected chi connectivity index (χ3v) is 2.51. The van der Waals surface area contributed by atoms with Crippen LogP contribution in [0.25, 0.3) is 0 Å². The maximum Gasteiger partial charge on any atom is 0.233 e. The number of hydrogen-bond donors (Lipinski definition) is 1. The van der Waals surface area contributed by atoms with E-state index in [1.54, 1.807) is 19.2 Å². The number of hydrogen-bond acceptors (Lipinski definition) is 3. The number of ketones is 1. The van der Waals surface area contributed by atoms with Gasteiger partial charge in [-0.15, -0.1) is 0 Å². The standard InChI is InChI=1S/C13H18N2O2/c1-14-13(17)10-15(2)9-8-12(16)11-6-4-3-5-7-11/h3-7H,8-10H2,1-2H3,(H,14,17). The Morgan fingerprint density at radius 3 is 2.47 bits per heavy atom. The Labute approximate surface area is 102 Å². The van der Waals surface area contributed by atoms with Gasteiger partial charge in [0.1, 0.15) is 0 Å². The Balaban J connectivity index is 2.36. The molecule has 0 heterocycles. The van der Waals surface area contributed by atoms with Crippen LogP contribution in [0.1, 0.15) is 16.8 Å². The highest BCUT2D eigenvalue weighted by Gasteiger charge is 2.08. The monoisotopic (exact) mass is 234 g/mol. The zero-order valence-electron chi connectivity index (χ0n) is 10.3. The zero-order chi connectivity index (χ0) is 12.7. The number of likely N-dealkylation sites (N-methyl/N-ethyl adjacent to an activating group) is 2. The van der Waals surface area contributed by atoms with Gasteiger partial charge < -0.3 is 5.32 Å². The van der Waals surface area contributed by atoms with Gasteiger partial charge in [-0.25, -0.2) is 0 Å². The van der Waals surface area contributed by atoms with Crippen molar-refractivity contribution in [1.82, 2.24) is 10.2 Å². The summed E-state index contributed by atoms with van der Waals surface area (Å²) in [6.45, 7) is 0.902. The van der Waals surface area contributed by atoms with Crippen LogP contribution in [-0.2, 0) is 4.79 Å². The van der Waals surface area contributed by atoms with E-state index >= 15 is 0 Å². The summed E-state index contributed by atoms with van der Waals surface area (Å²) in [7, 11) is 3.43. The van der Waals surface area contributed by atoms with Gasteiger partial charge in [0, 0.05) is 25.6 Å². The summed E-state index contributed by atoms with van der Waals surface area (Å²) in [5.41, 5.74) is 0.723. The van der Waals surface area contributed by atoms with Crippen LogP contribution in [0.15, 0.2) is 30.3 Å². The van der Waals surface area contributed by atoms with Crippen LogP contribution in [0, 0.1) is 0 Å². The van der Waals surface area contributed by atoms with Crippen molar-refractivity contribution in [3.63, 3.8) is 0 Å². The Bertz CT molecular complexity index is 376. The molecule has 0 bridgehead atoms. The lowest BCUT2D eigenvalue weighted by Crippen LogP contribution is -2.34. The summed E-state index contributed by atoms with van der Waals surface area (Å²) >= 11 is 0. The summed E-state index contributed by atoms with van der Waals surface area (Å²) in [6.07, 6.45) is 0.428. The van der Waals surface area contributed by atoms with Gasteiger partial charge in [-0.1, -0.05) is 30.3 Å². The molecular formula is C13H18N2O2. The average molecular weight is 234 g/mol. The van der Waals surface area contributed by atoms with E-state index in [1.807, 2.05) is 30.1 Å². The fourth-order valence-corrected chi connectivity index (χ4v) is 1.46. The molecule has 0 aliphatic rings. The van der Waals surface area contributed by atoms with E-state index in [-0.39, 0.29) is 11.7 Å². The molecule has 0 aliphatic carbocycles. The van der Waals surface area contributed by atoms with Gasteiger partial charge in [0.15, 0.2) is 5.78 Å². The maximum absolute atomic E-state index is 11.8. The van der Waals surface area contributed by atoms with Crippen LogP contribution in [0.5, 0.6) is 0 Å². The average Bonchev–Trinajstić information content (AvgIpc) is 2.36. The molecule has 1 aromatic rings. The van der Waals surface area contributed by atoms with E-state index in [0.29, 0.717) is 19.5 Å². The molecule has 0 saturated carbocycles. The largest absolute Gasteiger partial charge is 0.358 e. The van der Waals surface area contributed by atoms with Gasteiger partial charge in [0.25, 0.3) is 0 Å². The van der Waals surface area contributed by atoms with Crippen molar-refractivity contribution in [2.75, 3.05) is 27.2 Å². The second kappa shape index (κ2) is 6.81. The molecule has 0 aromatic heterocycles. The molecule has 1 amide bonds. The Morgan fingerprint density at radius 2 is 1.88 bits per heavy atom. The molecule has 1 rings (SSSR count). The Kier molecular flexibility index (Phi) is 5.36. The van der Waals surface area contributed by atoms with Crippen LogP contribution in [0.2, 0.25) is 0 Å². The third-order valence-electron chi connectivity index (χ3n) is 2.51. The van der Waals surface area contributed by atoms with Gasteiger partial charge in [-0.2, -0.15) is 0 Å². The molecule has 0 radical (unpaired) electrons. The highest BCUT2D eigenvalue weighted by Crippen LogP contribution is 2.03. The lowest BCUT2D eigenvalue weighted by Gasteiger charge is -2.14. The topological polar surface area (TPSA) is 49.4 Å². The lowest BCUT2D eigenvalue weighted by molar-refractivity contribution is -0.121. The first kappa shape index (κ1) is 13.4. The maximum atomic E-state index is 11.8. The summed E-state index contributed by atoms with van der Waals surface area (Å²) in [6, 6.07) is 9.19. The third kappa shape index (κ3) is 4.78. The minimum Gasteiger partial charge on any atom is -0.358 e. The Morgan fingerprint density at radius 1 is 1.24 bits per heavy atom. The predicted molar refractivity (Wildman–Crippen MR) is 67.0 cm³/mol. The van der Waals surface area contributed by atoms with E-state index in [2.05, 4.69) is 5.32 Å². The first-order valence-electron chi connectivity index (χ1n) is 5.61. The van der Waals surface area contributed by atoms with Crippen LogP contribution in [0.4, 0.5) is 0 Å². The minimum absolute atomic E-state index is 0.0420. The number of carbonyl (C=O) groups excluding carboxylic acids is 2. The number of carbonyl (C=O) groups is 2. The molecule has 0 atom stereocenters. The number of nitrogens with one attached hydrogen (secondary N) is 1. The number of nitrogens with zero attached hydrogens (tertiary/aromatic N) is 1. The second-order valence-electron chi connectivity index (χ2n) is 3.95. The van der Waals surface area contributed by atoms with Crippen molar-refractivity contribution in [2.24, 2.45) is 0 Å². The Hall–Kier alpha value is -1.68. The number of rotatable bonds is 6. The molecule has 1 aromatic carbocycles. The van der Waals surface area contributed by atoms with Crippen LogP contribution in [-0.4, -0.2) is 43.8 Å². The van der Waals surface area contributed by atoms with Gasteiger partial charge >= 0.3 is 0 Å². The van der Waals surface area contributed by atoms with E-state index in [1.165, 1.54) is 0 Å². The van der Waals surface area contributed by atoms with Crippen molar-refractivity contribution in [2.45, 2.75) is 6.42 Å². The molecule has 0 saturated heterocycles. The normalized spacial score (nSPS) is 10.3. The summed E-state index contributed by atoms with van der Waals surface area (Å²) in [4.78, 5) is 24.7. The first-order chi connectivity index (χ1) is 8.13. The molecule has 0 fully saturated rings. The van der Waals surface area contributed by atoms with Crippen LogP contribution < -0.4 is 5.32 Å². The minimum atomic E-state index is -0.0420. The summed E-state index contributed by atoms with van der Waals surface area (Å²) in [5.74, 6) is 0.0639. The van der Waals surface area contributed by atoms with E-state index in [4.69, 9.17) is 0 Å². The van der Waals surface area contributed by atoms with E-state index in [0.717, 1.165) is 5.56 Å². The van der Waals surface area contributed by atoms with Crippen molar-refractivity contribution in [3.8, 4) is 0 Å². The molecule has 0 spiro atoms. The highest BCUT2D eigenvalue weighted by atomic mass is 16.2. The van der Waals surface area contributed by atoms with Crippen LogP contribution in [0.3, 0.4) is 0 Å². The van der Waals surface area contributed by atoms with E-state index < -0.39 is 0 Å². The van der Waals surface area contributed by atoms with Gasteiger partial charge in [0.05, 0.1) is 6.54 Å². The van der Waals surface area contributed by atoms with Crippen molar-refractivity contribution in [1.29, 1.82) is 0 Å². The fourth-order valence-electron chi connectivity index (χ4n) is 1.46. The molecular weight excluding hydrogens is 216 g/mol. The highest BCUT2D eigenvalue weighted by molar-refractivity contribution is 5.96. The second-order valence-corrected chi connectivity index (χ2v) is 3.95. The predicted octanol–water partition coefficient (Wildman–Crippen LogP) is 0.937. The molecule has 92 valence electrons.